The molecular weight excluding hydrogens is 242 g/mol. The molecule has 3 nitrogen and oxygen atoms in total. The lowest BCUT2D eigenvalue weighted by molar-refractivity contribution is 0.901. The van der Waals surface area contributed by atoms with Crippen molar-refractivity contribution in [3.8, 4) is 0 Å². The lowest BCUT2D eigenvalue weighted by Gasteiger charge is -1.98. The van der Waals surface area contributed by atoms with Crippen LogP contribution in [0.1, 0.15) is 0 Å². The molecule has 0 saturated carbocycles. The molecule has 0 bridgehead atoms. The van der Waals surface area contributed by atoms with E-state index in [-0.39, 0.29) is 0 Å². The number of fused-ring (bicyclic) bond motifs is 1. The first-order valence-corrected chi connectivity index (χ1v) is 6.55. The average molecular weight is 255 g/mol. The van der Waals surface area contributed by atoms with Gasteiger partial charge in [0.1, 0.15) is 0 Å². The third kappa shape index (κ3) is 2.02. The van der Waals surface area contributed by atoms with Crippen molar-refractivity contribution in [2.45, 2.75) is 0 Å². The lowest BCUT2D eigenvalue weighted by atomic mass is 10.3. The number of nitrogens with zero attached hydrogens (tertiary/aromatic N) is 2. The minimum absolute atomic E-state index is 0.958. The van der Waals surface area contributed by atoms with Crippen LogP contribution in [0.3, 0.4) is 0 Å². The predicted octanol–water partition coefficient (Wildman–Crippen LogP) is 3.17. The molecule has 1 heterocycles. The second kappa shape index (κ2) is 4.66. The smallest absolute Gasteiger partial charge is 0.208 e. The maximum Gasteiger partial charge on any atom is 0.208 e. The minimum Gasteiger partial charge on any atom is -0.318 e. The molecule has 0 aliphatic rings. The van der Waals surface area contributed by atoms with Gasteiger partial charge in [-0.25, -0.2) is 0 Å². The summed E-state index contributed by atoms with van der Waals surface area (Å²) in [4.78, 5) is 0.958. The Labute approximate surface area is 109 Å². The predicted molar refractivity (Wildman–Crippen MR) is 76.4 cm³/mol. The Kier molecular flexibility index (Phi) is 2.86. The van der Waals surface area contributed by atoms with E-state index in [2.05, 4.69) is 27.2 Å². The number of rotatable bonds is 2. The van der Waals surface area contributed by atoms with Crippen LogP contribution in [0.15, 0.2) is 59.7 Å². The SMILES string of the molecule is Cn1c(=NNc2ccccc2)sc2ccccc21. The van der Waals surface area contributed by atoms with Gasteiger partial charge in [0.05, 0.1) is 15.9 Å². The number of nitrogens with one attached hydrogen (secondary N) is 1. The maximum atomic E-state index is 4.44. The van der Waals surface area contributed by atoms with Gasteiger partial charge in [-0.2, -0.15) is 0 Å². The molecule has 3 aromatic rings. The fraction of sp³-hybridized carbons (Fsp3) is 0.0714. The maximum absolute atomic E-state index is 4.44. The zero-order valence-corrected chi connectivity index (χ0v) is 10.8. The Hall–Kier alpha value is -2.07. The summed E-state index contributed by atoms with van der Waals surface area (Å²) in [6.45, 7) is 0. The normalized spacial score (nSPS) is 11.9. The van der Waals surface area contributed by atoms with E-state index in [4.69, 9.17) is 0 Å². The second-order valence-electron chi connectivity index (χ2n) is 4.00. The van der Waals surface area contributed by atoms with E-state index in [1.165, 1.54) is 10.2 Å². The molecule has 0 atom stereocenters. The number of aromatic nitrogens is 1. The van der Waals surface area contributed by atoms with E-state index in [0.29, 0.717) is 0 Å². The van der Waals surface area contributed by atoms with Gasteiger partial charge in [-0.05, 0) is 24.3 Å². The standard InChI is InChI=1S/C14H13N3S/c1-17-12-9-5-6-10-13(12)18-14(17)16-15-11-7-3-2-4-8-11/h2-10,15H,1H3. The van der Waals surface area contributed by atoms with E-state index >= 15 is 0 Å². The Morgan fingerprint density at radius 2 is 1.72 bits per heavy atom. The van der Waals surface area contributed by atoms with Crippen LogP contribution in [0.4, 0.5) is 5.69 Å². The van der Waals surface area contributed by atoms with Crippen molar-refractivity contribution in [3.63, 3.8) is 0 Å². The molecule has 0 amide bonds. The average Bonchev–Trinajstić information content (AvgIpc) is 2.75. The first-order chi connectivity index (χ1) is 8.84. The first kappa shape index (κ1) is 11.0. The summed E-state index contributed by atoms with van der Waals surface area (Å²) in [7, 11) is 2.03. The lowest BCUT2D eigenvalue weighted by Crippen LogP contribution is -2.12. The van der Waals surface area contributed by atoms with Gasteiger partial charge >= 0.3 is 0 Å². The molecule has 18 heavy (non-hydrogen) atoms. The zero-order chi connectivity index (χ0) is 12.4. The van der Waals surface area contributed by atoms with E-state index < -0.39 is 0 Å². The van der Waals surface area contributed by atoms with Gasteiger partial charge in [0.2, 0.25) is 4.80 Å². The van der Waals surface area contributed by atoms with Crippen LogP contribution in [0.2, 0.25) is 0 Å². The quantitative estimate of drug-likeness (QED) is 0.700. The molecule has 2 aromatic carbocycles. The van der Waals surface area contributed by atoms with Crippen molar-refractivity contribution < 1.29 is 0 Å². The molecule has 0 unspecified atom stereocenters. The Morgan fingerprint density at radius 1 is 1.00 bits per heavy atom. The van der Waals surface area contributed by atoms with Gasteiger partial charge in [0.15, 0.2) is 0 Å². The fourth-order valence-corrected chi connectivity index (χ4v) is 2.79. The number of thiazole rings is 1. The second-order valence-corrected chi connectivity index (χ2v) is 5.01. The fourth-order valence-electron chi connectivity index (χ4n) is 1.81. The molecule has 3 rings (SSSR count). The monoisotopic (exact) mass is 255 g/mol. The molecule has 0 saturated heterocycles. The van der Waals surface area contributed by atoms with Crippen molar-refractivity contribution >= 4 is 27.2 Å². The van der Waals surface area contributed by atoms with Crippen molar-refractivity contribution in [1.29, 1.82) is 0 Å². The minimum atomic E-state index is 0.958. The Balaban J connectivity index is 2.02. The molecule has 0 aliphatic carbocycles. The van der Waals surface area contributed by atoms with Crippen LogP contribution in [0, 0.1) is 0 Å². The number of hydrogen-bond donors (Lipinski definition) is 1. The van der Waals surface area contributed by atoms with Gasteiger partial charge in [0.25, 0.3) is 0 Å². The summed E-state index contributed by atoms with van der Waals surface area (Å²) in [5.74, 6) is 0. The van der Waals surface area contributed by atoms with Gasteiger partial charge in [-0.15, -0.1) is 5.10 Å². The van der Waals surface area contributed by atoms with Crippen LogP contribution in [-0.2, 0) is 7.05 Å². The molecule has 0 radical (unpaired) electrons. The van der Waals surface area contributed by atoms with E-state index in [0.717, 1.165) is 10.5 Å². The molecule has 90 valence electrons. The summed E-state index contributed by atoms with van der Waals surface area (Å²) in [6.07, 6.45) is 0. The van der Waals surface area contributed by atoms with Crippen LogP contribution >= 0.6 is 11.3 Å². The molecule has 1 N–H and O–H groups in total. The third-order valence-electron chi connectivity index (χ3n) is 2.77. The van der Waals surface area contributed by atoms with Crippen LogP contribution in [-0.4, -0.2) is 4.57 Å². The molecule has 0 aliphatic heterocycles. The van der Waals surface area contributed by atoms with Crippen LogP contribution < -0.4 is 10.2 Å². The summed E-state index contributed by atoms with van der Waals surface area (Å²) in [5.41, 5.74) is 5.28. The van der Waals surface area contributed by atoms with E-state index in [9.17, 15) is 0 Å². The van der Waals surface area contributed by atoms with Gasteiger partial charge in [-0.3, -0.25) is 5.43 Å². The number of benzene rings is 2. The molecular formula is C14H13N3S. The summed E-state index contributed by atoms with van der Waals surface area (Å²) < 4.78 is 3.34. The van der Waals surface area contributed by atoms with Crippen LogP contribution in [0.5, 0.6) is 0 Å². The highest BCUT2D eigenvalue weighted by molar-refractivity contribution is 7.16. The van der Waals surface area contributed by atoms with Gasteiger partial charge in [0, 0.05) is 7.05 Å². The number of aryl methyl sites for hydroxylation is 1. The number of hydrogen-bond acceptors (Lipinski definition) is 3. The van der Waals surface area contributed by atoms with Crippen molar-refractivity contribution in [2.75, 3.05) is 5.43 Å². The van der Waals surface area contributed by atoms with Gasteiger partial charge < -0.3 is 4.57 Å². The topological polar surface area (TPSA) is 29.3 Å². The third-order valence-corrected chi connectivity index (χ3v) is 3.88. The Morgan fingerprint density at radius 3 is 2.50 bits per heavy atom. The molecule has 1 aromatic heterocycles. The van der Waals surface area contributed by atoms with E-state index in [1.54, 1.807) is 11.3 Å². The van der Waals surface area contributed by atoms with Gasteiger partial charge in [-0.1, -0.05) is 41.7 Å². The molecule has 0 fully saturated rings. The van der Waals surface area contributed by atoms with Crippen molar-refractivity contribution in [3.05, 3.63) is 59.4 Å². The molecule has 0 spiro atoms. The largest absolute Gasteiger partial charge is 0.318 e. The number of anilines is 1. The summed E-state index contributed by atoms with van der Waals surface area (Å²) in [6, 6.07) is 18.3. The first-order valence-electron chi connectivity index (χ1n) is 5.74. The van der Waals surface area contributed by atoms with Crippen molar-refractivity contribution in [2.24, 2.45) is 12.1 Å². The Bertz CT molecular complexity index is 725. The van der Waals surface area contributed by atoms with E-state index in [1.807, 2.05) is 49.5 Å². The van der Waals surface area contributed by atoms with Crippen LogP contribution in [0.25, 0.3) is 10.2 Å². The van der Waals surface area contributed by atoms with Crippen molar-refractivity contribution in [1.82, 2.24) is 4.57 Å². The summed E-state index contributed by atoms with van der Waals surface area (Å²) in [5, 5.41) is 4.44. The highest BCUT2D eigenvalue weighted by Crippen LogP contribution is 2.15. The highest BCUT2D eigenvalue weighted by Gasteiger charge is 2.00. The molecule has 4 heteroatoms. The highest BCUT2D eigenvalue weighted by atomic mass is 32.1. The number of para-hydroxylation sites is 2. The zero-order valence-electron chi connectivity index (χ0n) is 10.00. The summed E-state index contributed by atoms with van der Waals surface area (Å²) >= 11 is 1.68.